The first-order chi connectivity index (χ1) is 21.6. The lowest BCUT2D eigenvalue weighted by Crippen LogP contribution is -2.49. The van der Waals surface area contributed by atoms with Gasteiger partial charge in [0.2, 0.25) is 0 Å². The van der Waals surface area contributed by atoms with Crippen LogP contribution < -0.4 is 21.3 Å². The van der Waals surface area contributed by atoms with Crippen LogP contribution in [0.2, 0.25) is 0 Å². The molecule has 1 aliphatic heterocycles. The average Bonchev–Trinajstić information content (AvgIpc) is 3.45. The molecule has 4 aromatic rings. The summed E-state index contributed by atoms with van der Waals surface area (Å²) in [6.07, 6.45) is -0.0963. The van der Waals surface area contributed by atoms with Crippen molar-refractivity contribution in [2.75, 3.05) is 34.8 Å². The van der Waals surface area contributed by atoms with Gasteiger partial charge in [-0.05, 0) is 35.7 Å². The summed E-state index contributed by atoms with van der Waals surface area (Å²) in [7, 11) is 4.99. The topological polar surface area (TPSA) is 121 Å². The zero-order chi connectivity index (χ0) is 32.1. The molecular weight excluding hydrogens is 593 g/mol. The summed E-state index contributed by atoms with van der Waals surface area (Å²) in [6, 6.07) is 28.3. The number of benzene rings is 3. The molecule has 0 spiro atoms. The largest absolute Gasteiger partial charge is 0.497 e. The van der Waals surface area contributed by atoms with Gasteiger partial charge in [-0.25, -0.2) is 9.80 Å². The van der Waals surface area contributed by atoms with Gasteiger partial charge in [-0.15, -0.1) is 0 Å². The van der Waals surface area contributed by atoms with Crippen LogP contribution in [-0.4, -0.2) is 71.2 Å². The van der Waals surface area contributed by atoms with Gasteiger partial charge in [-0.1, -0.05) is 72.8 Å². The molecule has 11 nitrogen and oxygen atoms in total. The highest BCUT2D eigenvalue weighted by Gasteiger charge is 2.43. The second-order valence-electron chi connectivity index (χ2n) is 11.2. The Morgan fingerprint density at radius 3 is 2.11 bits per heavy atom. The lowest BCUT2D eigenvalue weighted by atomic mass is 9.77. The van der Waals surface area contributed by atoms with Gasteiger partial charge in [-0.2, -0.15) is 4.78 Å². The number of rotatable bonds is 12. The van der Waals surface area contributed by atoms with E-state index in [1.54, 1.807) is 30.9 Å². The van der Waals surface area contributed by atoms with Gasteiger partial charge in [0.05, 0.1) is 24.9 Å². The van der Waals surface area contributed by atoms with Crippen LogP contribution in [-0.2, 0) is 14.8 Å². The van der Waals surface area contributed by atoms with Gasteiger partial charge in [0.1, 0.15) is 12.0 Å². The van der Waals surface area contributed by atoms with Crippen LogP contribution in [0.1, 0.15) is 34.9 Å². The molecule has 3 aromatic carbocycles. The van der Waals surface area contributed by atoms with E-state index in [0.717, 1.165) is 22.4 Å². The third kappa shape index (κ3) is 6.95. The summed E-state index contributed by atoms with van der Waals surface area (Å²) < 4.78 is 21.2. The first-order valence-corrected chi connectivity index (χ1v) is 15.9. The number of nitrogens with one attached hydrogen (secondary N) is 2. The minimum atomic E-state index is -2.01. The first-order valence-electron chi connectivity index (χ1n) is 14.7. The van der Waals surface area contributed by atoms with Crippen molar-refractivity contribution in [3.8, 4) is 5.75 Å². The summed E-state index contributed by atoms with van der Waals surface area (Å²) in [5.74, 6) is 0.743. The lowest BCUT2D eigenvalue weighted by Gasteiger charge is -2.38. The van der Waals surface area contributed by atoms with Crippen molar-refractivity contribution in [2.24, 2.45) is 0 Å². The van der Waals surface area contributed by atoms with Gasteiger partial charge in [0.25, 0.3) is 14.1 Å². The van der Waals surface area contributed by atoms with E-state index < -0.39 is 43.7 Å². The zero-order valence-corrected chi connectivity index (χ0v) is 27.0. The van der Waals surface area contributed by atoms with Crippen molar-refractivity contribution in [1.82, 2.24) is 24.7 Å². The minimum Gasteiger partial charge on any atom is -0.497 e. The van der Waals surface area contributed by atoms with Crippen LogP contribution >= 0.6 is 8.53 Å². The van der Waals surface area contributed by atoms with Gasteiger partial charge in [-0.3, -0.25) is 19.7 Å². The summed E-state index contributed by atoms with van der Waals surface area (Å²) in [5.41, 5.74) is 1.58. The smallest absolute Gasteiger partial charge is 0.330 e. The van der Waals surface area contributed by atoms with Crippen molar-refractivity contribution >= 4 is 8.53 Å². The van der Waals surface area contributed by atoms with Crippen LogP contribution in [0.4, 0.5) is 0 Å². The molecule has 1 unspecified atom stereocenters. The Bertz CT molecular complexity index is 1630. The predicted octanol–water partition coefficient (Wildman–Crippen LogP) is 3.74. The molecule has 0 aliphatic carbocycles. The fraction of sp³-hybridized carbons (Fsp3) is 0.333. The highest BCUT2D eigenvalue weighted by Crippen LogP contribution is 2.44. The molecule has 0 amide bonds. The van der Waals surface area contributed by atoms with E-state index in [2.05, 4.69) is 34.6 Å². The molecule has 1 aliphatic rings. The Hall–Kier alpha value is -3.67. The average molecular weight is 634 g/mol. The Kier molecular flexibility index (Phi) is 10.3. The molecule has 0 radical (unpaired) electrons. The maximum absolute atomic E-state index is 12.8. The number of hydrazine groups is 1. The van der Waals surface area contributed by atoms with E-state index in [9.17, 15) is 14.5 Å². The normalized spacial score (nSPS) is 19.2. The number of ether oxygens (including phenoxy) is 2. The molecule has 2 heterocycles. The second kappa shape index (κ2) is 14.2. The van der Waals surface area contributed by atoms with Crippen LogP contribution in [0, 0.1) is 6.92 Å². The third-order valence-electron chi connectivity index (χ3n) is 8.20. The number of hydrogen-bond acceptors (Lipinski definition) is 9. The minimum absolute atomic E-state index is 0.282. The van der Waals surface area contributed by atoms with Crippen molar-refractivity contribution < 1.29 is 18.9 Å². The molecule has 5 rings (SSSR count). The maximum Gasteiger partial charge on any atom is 0.330 e. The molecule has 0 bridgehead atoms. The van der Waals surface area contributed by atoms with Crippen molar-refractivity contribution in [3.63, 3.8) is 0 Å². The SMILES string of the molecule is COc1ccc(C(NC[C@H]2O[C@@H](n3cc(C)c(=O)[nH]c3=O)C[C@@H]2OP(O)N(C)N(C)C)(c2ccccc2)c2ccccc2)cc1. The number of nitrogens with zero attached hydrogens (tertiary/aromatic N) is 3. The summed E-state index contributed by atoms with van der Waals surface area (Å²) in [6.45, 7) is 1.93. The zero-order valence-electron chi connectivity index (χ0n) is 26.1. The number of H-pyrrole nitrogens is 1. The standard InChI is InChI=1S/C33H40N5O6P/c1-23-22-38(32(40)35-31(23)39)30-20-28(44-45(41)37(4)36(2)3)29(43-30)21-34-33(24-12-8-6-9-13-24,25-14-10-7-11-15-25)26-16-18-27(42-5)19-17-26/h6-19,22,28-30,34,41H,20-21H2,1-5H3,(H,35,39,40)/t28-,29+,30+,45?/m0/s1. The van der Waals surface area contributed by atoms with Crippen molar-refractivity contribution in [1.29, 1.82) is 0 Å². The molecule has 238 valence electrons. The van der Waals surface area contributed by atoms with Crippen LogP contribution in [0.25, 0.3) is 0 Å². The number of methoxy groups -OCH3 is 1. The van der Waals surface area contributed by atoms with Gasteiger partial charge < -0.3 is 18.9 Å². The monoisotopic (exact) mass is 633 g/mol. The molecule has 1 aromatic heterocycles. The molecule has 0 saturated carbocycles. The van der Waals surface area contributed by atoms with Crippen LogP contribution in [0.5, 0.6) is 5.75 Å². The van der Waals surface area contributed by atoms with E-state index in [1.165, 1.54) is 10.8 Å². The number of aromatic amines is 1. The lowest BCUT2D eigenvalue weighted by molar-refractivity contribution is -0.0201. The van der Waals surface area contributed by atoms with E-state index >= 15 is 0 Å². The Balaban J connectivity index is 1.56. The van der Waals surface area contributed by atoms with E-state index in [4.69, 9.17) is 14.0 Å². The summed E-state index contributed by atoms with van der Waals surface area (Å²) in [4.78, 5) is 38.3. The fourth-order valence-corrected chi connectivity index (χ4v) is 6.49. The second-order valence-corrected chi connectivity index (χ2v) is 12.5. The van der Waals surface area contributed by atoms with Crippen molar-refractivity contribution in [2.45, 2.75) is 37.3 Å². The maximum atomic E-state index is 12.8. The molecule has 1 fully saturated rings. The molecular formula is C33H40N5O6P. The van der Waals surface area contributed by atoms with E-state index in [1.807, 2.05) is 74.8 Å². The highest BCUT2D eigenvalue weighted by atomic mass is 31.2. The summed E-state index contributed by atoms with van der Waals surface area (Å²) in [5, 5.41) is 5.57. The number of aryl methyl sites for hydroxylation is 1. The molecule has 45 heavy (non-hydrogen) atoms. The third-order valence-corrected chi connectivity index (χ3v) is 9.51. The quantitative estimate of drug-likeness (QED) is 0.122. The summed E-state index contributed by atoms with van der Waals surface area (Å²) >= 11 is 0. The molecule has 4 atom stereocenters. The number of hydrogen-bond donors (Lipinski definition) is 3. The predicted molar refractivity (Wildman–Crippen MR) is 174 cm³/mol. The highest BCUT2D eigenvalue weighted by molar-refractivity contribution is 7.43. The molecule has 1 saturated heterocycles. The van der Waals surface area contributed by atoms with Crippen LogP contribution in [0.3, 0.4) is 0 Å². The fourth-order valence-electron chi connectivity index (χ4n) is 5.58. The van der Waals surface area contributed by atoms with E-state index in [0.29, 0.717) is 12.1 Å². The Morgan fingerprint density at radius 1 is 0.978 bits per heavy atom. The van der Waals surface area contributed by atoms with Crippen molar-refractivity contribution in [3.05, 3.63) is 134 Å². The van der Waals surface area contributed by atoms with Gasteiger partial charge >= 0.3 is 5.69 Å². The van der Waals surface area contributed by atoms with Gasteiger partial charge in [0, 0.05) is 45.9 Å². The Labute approximate surface area is 263 Å². The van der Waals surface area contributed by atoms with Gasteiger partial charge in [0.15, 0.2) is 0 Å². The van der Waals surface area contributed by atoms with E-state index in [-0.39, 0.29) is 6.42 Å². The Morgan fingerprint density at radius 2 is 1.56 bits per heavy atom. The first kappa shape index (κ1) is 32.7. The molecule has 3 N–H and O–H groups in total. The number of aromatic nitrogens is 2. The molecule has 12 heteroatoms. The van der Waals surface area contributed by atoms with Crippen LogP contribution in [0.15, 0.2) is 101 Å².